The third kappa shape index (κ3) is 3.87. The van der Waals surface area contributed by atoms with E-state index in [1.807, 2.05) is 11.0 Å². The first kappa shape index (κ1) is 15.9. The predicted octanol–water partition coefficient (Wildman–Crippen LogP) is 3.11. The highest BCUT2D eigenvalue weighted by Crippen LogP contribution is 2.16. The van der Waals surface area contributed by atoms with Gasteiger partial charge in [-0.25, -0.2) is 9.97 Å². The van der Waals surface area contributed by atoms with Crippen molar-refractivity contribution in [3.8, 4) is 6.07 Å². The van der Waals surface area contributed by atoms with Gasteiger partial charge in [0.25, 0.3) is 5.91 Å². The number of hydrogen-bond donors (Lipinski definition) is 1. The fourth-order valence-corrected chi connectivity index (χ4v) is 2.75. The van der Waals surface area contributed by atoms with Gasteiger partial charge in [-0.05, 0) is 31.0 Å². The van der Waals surface area contributed by atoms with Crippen molar-refractivity contribution in [2.75, 3.05) is 18.4 Å². The molecule has 0 radical (unpaired) electrons. The summed E-state index contributed by atoms with van der Waals surface area (Å²) in [4.78, 5) is 22.8. The number of carbonyl (C=O) groups is 1. The van der Waals surface area contributed by atoms with Gasteiger partial charge in [-0.15, -0.1) is 0 Å². The molecule has 0 aliphatic carbocycles. The van der Waals surface area contributed by atoms with Crippen molar-refractivity contribution in [3.05, 3.63) is 47.8 Å². The van der Waals surface area contributed by atoms with Crippen LogP contribution in [0.4, 0.5) is 11.6 Å². The molecule has 1 fully saturated rings. The highest BCUT2D eigenvalue weighted by Gasteiger charge is 2.17. The number of anilines is 2. The molecule has 0 atom stereocenters. The molecule has 0 bridgehead atoms. The number of nitrogens with zero attached hydrogens (tertiary/aromatic N) is 4. The third-order valence-corrected chi connectivity index (χ3v) is 4.04. The summed E-state index contributed by atoms with van der Waals surface area (Å²) >= 11 is 0. The first-order chi connectivity index (χ1) is 11.8. The van der Waals surface area contributed by atoms with Crippen molar-refractivity contribution < 1.29 is 4.79 Å². The lowest BCUT2D eigenvalue weighted by molar-refractivity contribution is 0.0761. The maximum absolute atomic E-state index is 12.5. The van der Waals surface area contributed by atoms with E-state index in [0.717, 1.165) is 31.6 Å². The number of nitrogens with one attached hydrogen (secondary N) is 1. The van der Waals surface area contributed by atoms with Crippen molar-refractivity contribution in [2.24, 2.45) is 0 Å². The molecular weight excluding hydrogens is 302 g/mol. The minimum atomic E-state index is -0.00470. The average Bonchev–Trinajstić information content (AvgIpc) is 2.91. The van der Waals surface area contributed by atoms with Gasteiger partial charge in [0.15, 0.2) is 0 Å². The molecule has 2 heterocycles. The smallest absolute Gasteiger partial charge is 0.256 e. The van der Waals surface area contributed by atoms with Crippen LogP contribution >= 0.6 is 0 Å². The molecule has 1 saturated heterocycles. The molecule has 1 N–H and O–H groups in total. The highest BCUT2D eigenvalue weighted by molar-refractivity contribution is 5.93. The Morgan fingerprint density at radius 1 is 1.12 bits per heavy atom. The van der Waals surface area contributed by atoms with Crippen LogP contribution in [0.1, 0.15) is 41.6 Å². The summed E-state index contributed by atoms with van der Waals surface area (Å²) in [6.45, 7) is 1.61. The van der Waals surface area contributed by atoms with Gasteiger partial charge in [0.2, 0.25) is 5.95 Å². The van der Waals surface area contributed by atoms with Gasteiger partial charge in [0.05, 0.1) is 17.2 Å². The van der Waals surface area contributed by atoms with Crippen LogP contribution in [0.3, 0.4) is 0 Å². The van der Waals surface area contributed by atoms with Gasteiger partial charge in [-0.3, -0.25) is 4.79 Å². The molecular formula is C18H19N5O. The second-order valence-corrected chi connectivity index (χ2v) is 5.82. The van der Waals surface area contributed by atoms with Gasteiger partial charge >= 0.3 is 0 Å². The largest absolute Gasteiger partial charge is 0.339 e. The van der Waals surface area contributed by atoms with E-state index < -0.39 is 0 Å². The number of nitriles is 1. The van der Waals surface area contributed by atoms with Crippen molar-refractivity contribution in [2.45, 2.75) is 25.7 Å². The quantitative estimate of drug-likeness (QED) is 0.939. The Labute approximate surface area is 141 Å². The minimum absolute atomic E-state index is 0.00470. The number of amides is 1. The summed E-state index contributed by atoms with van der Waals surface area (Å²) in [6.07, 6.45) is 7.59. The molecule has 1 amide bonds. The number of likely N-dealkylation sites (tertiary alicyclic amines) is 1. The van der Waals surface area contributed by atoms with E-state index in [1.165, 1.54) is 12.8 Å². The van der Waals surface area contributed by atoms with E-state index in [9.17, 15) is 4.79 Å². The van der Waals surface area contributed by atoms with Gasteiger partial charge < -0.3 is 10.2 Å². The van der Waals surface area contributed by atoms with Gasteiger partial charge in [0, 0.05) is 31.2 Å². The Balaban J connectivity index is 1.68. The average molecular weight is 321 g/mol. The lowest BCUT2D eigenvalue weighted by atomic mass is 10.2. The molecule has 1 aromatic heterocycles. The molecule has 24 heavy (non-hydrogen) atoms. The van der Waals surface area contributed by atoms with Crippen LogP contribution in [0.15, 0.2) is 36.7 Å². The Hall–Kier alpha value is -2.94. The first-order valence-electron chi connectivity index (χ1n) is 8.15. The van der Waals surface area contributed by atoms with Crippen molar-refractivity contribution in [1.29, 1.82) is 5.26 Å². The van der Waals surface area contributed by atoms with E-state index in [0.29, 0.717) is 17.1 Å². The van der Waals surface area contributed by atoms with E-state index in [4.69, 9.17) is 5.26 Å². The minimum Gasteiger partial charge on any atom is -0.339 e. The fraction of sp³-hybridized carbons (Fsp3) is 0.333. The maximum Gasteiger partial charge on any atom is 0.256 e. The van der Waals surface area contributed by atoms with Gasteiger partial charge in [-0.2, -0.15) is 5.26 Å². The number of carbonyl (C=O) groups excluding carboxylic acids is 1. The molecule has 2 aromatic rings. The summed E-state index contributed by atoms with van der Waals surface area (Å²) in [5.41, 5.74) is 1.81. The van der Waals surface area contributed by atoms with E-state index >= 15 is 0 Å². The van der Waals surface area contributed by atoms with Crippen LogP contribution in [0, 0.1) is 11.3 Å². The lowest BCUT2D eigenvalue weighted by Gasteiger charge is -2.19. The van der Waals surface area contributed by atoms with Crippen LogP contribution in [0.25, 0.3) is 0 Å². The standard InChI is InChI=1S/C18H19N5O/c19-11-14-6-5-7-16(10-14)22-18-20-12-15(13-21-18)17(24)23-8-3-1-2-4-9-23/h5-7,10,12-13H,1-4,8-9H2,(H,20,21,22). The number of hydrogen-bond acceptors (Lipinski definition) is 5. The molecule has 6 heteroatoms. The summed E-state index contributed by atoms with van der Waals surface area (Å²) in [5.74, 6) is 0.396. The van der Waals surface area contributed by atoms with E-state index in [2.05, 4.69) is 21.4 Å². The highest BCUT2D eigenvalue weighted by atomic mass is 16.2. The molecule has 3 rings (SSSR count). The van der Waals surface area contributed by atoms with Gasteiger partial charge in [0.1, 0.15) is 0 Å². The monoisotopic (exact) mass is 321 g/mol. The van der Waals surface area contributed by atoms with Crippen molar-refractivity contribution >= 4 is 17.5 Å². The topological polar surface area (TPSA) is 81.9 Å². The molecule has 6 nitrogen and oxygen atoms in total. The third-order valence-electron chi connectivity index (χ3n) is 4.04. The van der Waals surface area contributed by atoms with Crippen molar-refractivity contribution in [3.63, 3.8) is 0 Å². The first-order valence-corrected chi connectivity index (χ1v) is 8.15. The number of benzene rings is 1. The Morgan fingerprint density at radius 2 is 1.83 bits per heavy atom. The summed E-state index contributed by atoms with van der Waals surface area (Å²) in [7, 11) is 0. The van der Waals surface area contributed by atoms with Crippen LogP contribution < -0.4 is 5.32 Å². The molecule has 1 aliphatic heterocycles. The summed E-state index contributed by atoms with van der Waals surface area (Å²) in [5, 5.41) is 12.0. The fourth-order valence-electron chi connectivity index (χ4n) is 2.75. The zero-order valence-electron chi connectivity index (χ0n) is 13.4. The van der Waals surface area contributed by atoms with Crippen LogP contribution in [-0.2, 0) is 0 Å². The van der Waals surface area contributed by atoms with Crippen molar-refractivity contribution in [1.82, 2.24) is 14.9 Å². The van der Waals surface area contributed by atoms with E-state index in [-0.39, 0.29) is 5.91 Å². The zero-order valence-corrected chi connectivity index (χ0v) is 13.4. The normalized spacial score (nSPS) is 14.5. The second-order valence-electron chi connectivity index (χ2n) is 5.82. The Morgan fingerprint density at radius 3 is 2.50 bits per heavy atom. The molecule has 122 valence electrons. The second kappa shape index (κ2) is 7.55. The van der Waals surface area contributed by atoms with Crippen LogP contribution in [0.2, 0.25) is 0 Å². The summed E-state index contributed by atoms with van der Waals surface area (Å²) < 4.78 is 0. The Kier molecular flexibility index (Phi) is 5.02. The SMILES string of the molecule is N#Cc1cccc(Nc2ncc(C(=O)N3CCCCCC3)cn2)c1. The van der Waals surface area contributed by atoms with Gasteiger partial charge in [-0.1, -0.05) is 18.9 Å². The molecule has 0 spiro atoms. The maximum atomic E-state index is 12.5. The number of aromatic nitrogens is 2. The zero-order chi connectivity index (χ0) is 16.8. The predicted molar refractivity (Wildman–Crippen MR) is 90.8 cm³/mol. The molecule has 0 unspecified atom stereocenters. The molecule has 0 saturated carbocycles. The van der Waals surface area contributed by atoms with E-state index in [1.54, 1.807) is 30.6 Å². The molecule has 1 aliphatic rings. The van der Waals surface area contributed by atoms with Crippen LogP contribution in [-0.4, -0.2) is 33.9 Å². The summed E-state index contributed by atoms with van der Waals surface area (Å²) in [6, 6.07) is 9.16. The van der Waals surface area contributed by atoms with Crippen LogP contribution in [0.5, 0.6) is 0 Å². The lowest BCUT2D eigenvalue weighted by Crippen LogP contribution is -2.32. The Bertz CT molecular complexity index is 743. The number of rotatable bonds is 3. The molecule has 1 aromatic carbocycles.